The van der Waals surface area contributed by atoms with Gasteiger partial charge in [-0.3, -0.25) is 9.69 Å². The molecule has 2 heterocycles. The molecule has 0 radical (unpaired) electrons. The Kier molecular flexibility index (Phi) is 5.10. The molecule has 1 aliphatic heterocycles. The summed E-state index contributed by atoms with van der Waals surface area (Å²) in [6.07, 6.45) is 9.68. The van der Waals surface area contributed by atoms with E-state index in [2.05, 4.69) is 15.5 Å². The molecule has 6 heteroatoms. The van der Waals surface area contributed by atoms with Gasteiger partial charge in [0.2, 0.25) is 5.78 Å². The number of methoxy groups -OCH3 is 2. The molecule has 0 saturated carbocycles. The number of rotatable bonds is 6. The van der Waals surface area contributed by atoms with Gasteiger partial charge in [0.05, 0.1) is 30.5 Å². The zero-order valence-electron chi connectivity index (χ0n) is 18.4. The van der Waals surface area contributed by atoms with Crippen molar-refractivity contribution >= 4 is 17.9 Å². The van der Waals surface area contributed by atoms with Crippen LogP contribution in [0.15, 0.2) is 24.0 Å². The lowest BCUT2D eigenvalue weighted by atomic mass is 10.0. The van der Waals surface area contributed by atoms with E-state index in [1.165, 1.54) is 19.3 Å². The van der Waals surface area contributed by atoms with E-state index in [4.69, 9.17) is 14.2 Å². The Morgan fingerprint density at radius 1 is 1.00 bits per heavy atom. The smallest absolute Gasteiger partial charge is 0.230 e. The summed E-state index contributed by atoms with van der Waals surface area (Å²) in [5.74, 6) is 1.74. The molecule has 0 atom stereocenters. The Morgan fingerprint density at radius 2 is 1.74 bits per heavy atom. The van der Waals surface area contributed by atoms with Crippen molar-refractivity contribution in [1.82, 2.24) is 9.47 Å². The Balaban J connectivity index is 1.48. The number of carbonyl (C=O) groups excluding carboxylic acids is 1. The average Bonchev–Trinajstić information content (AvgIpc) is 3.29. The SMILES string of the molecule is COc1cc2c(cc1OC)=c1c(c3c(n1C)=CC=C(OCCN1CCCCC1)C3=O)C=2. The number of benzene rings is 1. The van der Waals surface area contributed by atoms with Crippen molar-refractivity contribution in [2.45, 2.75) is 19.3 Å². The van der Waals surface area contributed by atoms with E-state index in [9.17, 15) is 4.79 Å². The summed E-state index contributed by atoms with van der Waals surface area (Å²) in [6.45, 7) is 3.65. The van der Waals surface area contributed by atoms with Crippen LogP contribution in [0.3, 0.4) is 0 Å². The zero-order valence-corrected chi connectivity index (χ0v) is 18.4. The van der Waals surface area contributed by atoms with E-state index in [0.29, 0.717) is 29.4 Å². The molecule has 0 N–H and O–H groups in total. The molecule has 0 spiro atoms. The highest BCUT2D eigenvalue weighted by atomic mass is 16.5. The summed E-state index contributed by atoms with van der Waals surface area (Å²) in [4.78, 5) is 15.8. The van der Waals surface area contributed by atoms with Crippen LogP contribution in [0.2, 0.25) is 0 Å². The van der Waals surface area contributed by atoms with Gasteiger partial charge < -0.3 is 18.8 Å². The van der Waals surface area contributed by atoms with E-state index in [0.717, 1.165) is 46.3 Å². The van der Waals surface area contributed by atoms with Crippen LogP contribution in [0.4, 0.5) is 0 Å². The molecule has 1 saturated heterocycles. The molecule has 2 aliphatic carbocycles. The summed E-state index contributed by atoms with van der Waals surface area (Å²) >= 11 is 0. The fraction of sp³-hybridized carbons (Fsp3) is 0.400. The Morgan fingerprint density at radius 3 is 2.48 bits per heavy atom. The van der Waals surface area contributed by atoms with Crippen molar-refractivity contribution in [3.63, 3.8) is 0 Å². The molecule has 6 nitrogen and oxygen atoms in total. The second-order valence-electron chi connectivity index (χ2n) is 8.30. The third-order valence-corrected chi connectivity index (χ3v) is 6.55. The number of carbonyl (C=O) groups is 1. The molecular weight excluding hydrogens is 392 g/mol. The summed E-state index contributed by atoms with van der Waals surface area (Å²) in [5, 5.41) is 4.00. The largest absolute Gasteiger partial charge is 0.493 e. The molecule has 0 bridgehead atoms. The standard InChI is InChI=1S/C25H28N2O4/c1-26-19-7-8-20(31-12-11-27-9-5-4-6-10-27)25(28)23(19)18-13-16-14-21(29-2)22(30-3)15-17(16)24(18)26/h7-8,13-15H,4-6,9-12H2,1-3H3. The van der Waals surface area contributed by atoms with Crippen LogP contribution in [-0.2, 0) is 11.8 Å². The molecule has 0 unspecified atom stereocenters. The second kappa shape index (κ2) is 7.93. The minimum Gasteiger partial charge on any atom is -0.493 e. The van der Waals surface area contributed by atoms with E-state index in [1.54, 1.807) is 14.2 Å². The maximum absolute atomic E-state index is 13.4. The Bertz CT molecular complexity index is 1300. The summed E-state index contributed by atoms with van der Waals surface area (Å²) in [7, 11) is 5.26. The number of piperidine rings is 1. The van der Waals surface area contributed by atoms with Crippen LogP contribution >= 0.6 is 0 Å². The highest BCUT2D eigenvalue weighted by Gasteiger charge is 2.27. The average molecular weight is 421 g/mol. The molecule has 0 amide bonds. The summed E-state index contributed by atoms with van der Waals surface area (Å²) in [5.41, 5.74) is 1.65. The van der Waals surface area contributed by atoms with Crippen LogP contribution in [0.25, 0.3) is 12.2 Å². The highest BCUT2D eigenvalue weighted by molar-refractivity contribution is 6.11. The minimum atomic E-state index is -0.0454. The fourth-order valence-electron chi connectivity index (χ4n) is 4.93. The van der Waals surface area contributed by atoms with Gasteiger partial charge in [-0.1, -0.05) is 6.42 Å². The number of ketones is 1. The summed E-state index contributed by atoms with van der Waals surface area (Å²) < 4.78 is 19.0. The number of aromatic nitrogens is 1. The Labute approximate surface area is 181 Å². The van der Waals surface area contributed by atoms with Crippen molar-refractivity contribution in [2.75, 3.05) is 40.5 Å². The maximum atomic E-state index is 13.4. The van der Waals surface area contributed by atoms with Gasteiger partial charge in [0.25, 0.3) is 0 Å². The lowest BCUT2D eigenvalue weighted by molar-refractivity contribution is 0.0876. The van der Waals surface area contributed by atoms with Crippen LogP contribution < -0.4 is 20.0 Å². The first kappa shape index (κ1) is 19.9. The molecule has 31 heavy (non-hydrogen) atoms. The van der Waals surface area contributed by atoms with Crippen LogP contribution in [0, 0.1) is 10.6 Å². The first-order valence-corrected chi connectivity index (χ1v) is 10.9. The first-order valence-electron chi connectivity index (χ1n) is 10.9. The quantitative estimate of drug-likeness (QED) is 0.609. The van der Waals surface area contributed by atoms with Gasteiger partial charge in [-0.2, -0.15) is 0 Å². The van der Waals surface area contributed by atoms with Gasteiger partial charge >= 0.3 is 0 Å². The second-order valence-corrected chi connectivity index (χ2v) is 8.30. The fourth-order valence-corrected chi connectivity index (χ4v) is 4.93. The molecule has 2 aromatic rings. The molecule has 162 valence electrons. The number of likely N-dealkylation sites (tertiary alicyclic amines) is 1. The number of Topliss-reactive ketones (excluding diaryl/α,β-unsaturated/α-hetero) is 1. The number of allylic oxidation sites excluding steroid dienone is 2. The predicted octanol–water partition coefficient (Wildman–Crippen LogP) is 1.83. The first-order chi connectivity index (χ1) is 15.1. The van der Waals surface area contributed by atoms with Gasteiger partial charge in [-0.25, -0.2) is 0 Å². The number of hydrogen-bond acceptors (Lipinski definition) is 5. The van der Waals surface area contributed by atoms with Crippen molar-refractivity contribution in [3.8, 4) is 11.5 Å². The van der Waals surface area contributed by atoms with Gasteiger partial charge in [-0.05, 0) is 61.5 Å². The molecule has 3 aliphatic rings. The van der Waals surface area contributed by atoms with E-state index < -0.39 is 0 Å². The van der Waals surface area contributed by atoms with Crippen molar-refractivity contribution < 1.29 is 19.0 Å². The van der Waals surface area contributed by atoms with Crippen LogP contribution in [-0.4, -0.2) is 55.7 Å². The summed E-state index contributed by atoms with van der Waals surface area (Å²) in [6, 6.07) is 3.94. The topological polar surface area (TPSA) is 52.9 Å². The van der Waals surface area contributed by atoms with Gasteiger partial charge in [0.1, 0.15) is 6.61 Å². The van der Waals surface area contributed by atoms with Crippen LogP contribution in [0.1, 0.15) is 35.2 Å². The van der Waals surface area contributed by atoms with Crippen molar-refractivity contribution in [3.05, 3.63) is 56.2 Å². The van der Waals surface area contributed by atoms with Crippen molar-refractivity contribution in [2.24, 2.45) is 7.05 Å². The molecule has 1 fully saturated rings. The van der Waals surface area contributed by atoms with Crippen molar-refractivity contribution in [1.29, 1.82) is 0 Å². The number of ether oxygens (including phenoxy) is 3. The van der Waals surface area contributed by atoms with Gasteiger partial charge in [-0.15, -0.1) is 0 Å². The molecular formula is C25H28N2O4. The molecule has 1 aromatic carbocycles. The van der Waals surface area contributed by atoms with E-state index in [-0.39, 0.29) is 5.78 Å². The molecule has 5 rings (SSSR count). The van der Waals surface area contributed by atoms with Crippen LogP contribution in [0.5, 0.6) is 11.5 Å². The monoisotopic (exact) mass is 420 g/mol. The highest BCUT2D eigenvalue weighted by Crippen LogP contribution is 2.27. The maximum Gasteiger partial charge on any atom is 0.230 e. The lowest BCUT2D eigenvalue weighted by Gasteiger charge is -2.26. The Hall–Kier alpha value is -2.99. The number of nitrogens with zero attached hydrogens (tertiary/aromatic N) is 2. The number of hydrogen-bond donors (Lipinski definition) is 0. The third-order valence-electron chi connectivity index (χ3n) is 6.55. The van der Waals surface area contributed by atoms with Gasteiger partial charge in [0.15, 0.2) is 17.3 Å². The number of fused-ring (bicyclic) bond motifs is 4. The zero-order chi connectivity index (χ0) is 21.5. The predicted molar refractivity (Wildman–Crippen MR) is 119 cm³/mol. The third kappa shape index (κ3) is 3.26. The lowest BCUT2D eigenvalue weighted by Crippen LogP contribution is -2.33. The van der Waals surface area contributed by atoms with E-state index in [1.807, 2.05) is 31.3 Å². The minimum absolute atomic E-state index is 0.0454. The van der Waals surface area contributed by atoms with E-state index >= 15 is 0 Å². The normalized spacial score (nSPS) is 17.1. The molecule has 1 aromatic heterocycles. The van der Waals surface area contributed by atoms with Gasteiger partial charge in [0, 0.05) is 24.4 Å².